The van der Waals surface area contributed by atoms with E-state index in [4.69, 9.17) is 0 Å². The smallest absolute Gasteiger partial charge is 0.255 e. The summed E-state index contributed by atoms with van der Waals surface area (Å²) in [7, 11) is 1.85. The molecule has 0 bridgehead atoms. The lowest BCUT2D eigenvalue weighted by molar-refractivity contribution is 0.0647. The molecule has 1 aromatic carbocycles. The summed E-state index contributed by atoms with van der Waals surface area (Å²) in [6.07, 6.45) is 6.96. The largest absolute Gasteiger partial charge is 0.345 e. The highest BCUT2D eigenvalue weighted by Gasteiger charge is 2.40. The molecule has 1 aliphatic heterocycles. The van der Waals surface area contributed by atoms with E-state index in [1.165, 1.54) is 11.1 Å². The van der Waals surface area contributed by atoms with Crippen LogP contribution < -0.4 is 0 Å². The van der Waals surface area contributed by atoms with Gasteiger partial charge in [0.25, 0.3) is 5.91 Å². The Balaban J connectivity index is 1.55. The lowest BCUT2D eigenvalue weighted by Gasteiger charge is -2.35. The van der Waals surface area contributed by atoms with E-state index >= 15 is 0 Å². The van der Waals surface area contributed by atoms with Gasteiger partial charge in [0.05, 0.1) is 23.3 Å². The Morgan fingerprint density at radius 3 is 2.85 bits per heavy atom. The second-order valence-corrected chi connectivity index (χ2v) is 8.10. The molecule has 3 aliphatic rings. The molecule has 0 saturated heterocycles. The highest BCUT2D eigenvalue weighted by Crippen LogP contribution is 2.38. The molecule has 0 spiro atoms. The van der Waals surface area contributed by atoms with Crippen LogP contribution in [0.1, 0.15) is 48.2 Å². The fourth-order valence-electron chi connectivity index (χ4n) is 4.69. The fraction of sp³-hybridized carbons (Fsp3) is 0.455. The Morgan fingerprint density at radius 1 is 1.26 bits per heavy atom. The number of carbonyl (C=O) groups is 1. The Hall–Kier alpha value is -2.43. The zero-order valence-electron chi connectivity index (χ0n) is 15.8. The first-order valence-electron chi connectivity index (χ1n) is 9.83. The van der Waals surface area contributed by atoms with Crippen LogP contribution in [0.25, 0.3) is 10.9 Å². The molecule has 27 heavy (non-hydrogen) atoms. The van der Waals surface area contributed by atoms with Crippen molar-refractivity contribution in [3.63, 3.8) is 0 Å². The molecule has 2 aliphatic carbocycles. The summed E-state index contributed by atoms with van der Waals surface area (Å²) in [5.74, 6) is -0.291. The number of halogens is 1. The SMILES string of the molecule is Cc1c(F)c2c(C(=O)N(C3CC3)C3CCC4=C(C=NC4)C3)cccc2n1C. The number of hydrogen-bond acceptors (Lipinski definition) is 2. The first-order chi connectivity index (χ1) is 13.1. The maximum Gasteiger partial charge on any atom is 0.255 e. The number of amides is 1. The van der Waals surface area contributed by atoms with E-state index in [-0.39, 0.29) is 17.8 Å². The van der Waals surface area contributed by atoms with Crippen molar-refractivity contribution in [3.8, 4) is 0 Å². The summed E-state index contributed by atoms with van der Waals surface area (Å²) < 4.78 is 16.8. The molecule has 1 atom stereocenters. The van der Waals surface area contributed by atoms with Crippen LogP contribution in [-0.4, -0.2) is 40.2 Å². The zero-order chi connectivity index (χ0) is 18.7. The summed E-state index contributed by atoms with van der Waals surface area (Å²) in [5, 5.41) is 0.464. The Labute approximate surface area is 158 Å². The van der Waals surface area contributed by atoms with Crippen LogP contribution >= 0.6 is 0 Å². The number of aliphatic imine (C=N–C) groups is 1. The predicted octanol–water partition coefficient (Wildman–Crippen LogP) is 4.16. The van der Waals surface area contributed by atoms with E-state index in [0.29, 0.717) is 22.7 Å². The third-order valence-electron chi connectivity index (χ3n) is 6.46. The van der Waals surface area contributed by atoms with Crippen LogP contribution in [0.15, 0.2) is 34.3 Å². The normalized spacial score (nSPS) is 21.8. The summed E-state index contributed by atoms with van der Waals surface area (Å²) in [4.78, 5) is 20.1. The molecule has 5 rings (SSSR count). The molecule has 0 N–H and O–H groups in total. The summed E-state index contributed by atoms with van der Waals surface area (Å²) in [6.45, 7) is 2.59. The van der Waals surface area contributed by atoms with Crippen LogP contribution in [0.3, 0.4) is 0 Å². The van der Waals surface area contributed by atoms with Gasteiger partial charge < -0.3 is 9.47 Å². The zero-order valence-corrected chi connectivity index (χ0v) is 15.8. The van der Waals surface area contributed by atoms with Crippen molar-refractivity contribution in [2.24, 2.45) is 12.0 Å². The van der Waals surface area contributed by atoms with Gasteiger partial charge in [0.2, 0.25) is 0 Å². The quantitative estimate of drug-likeness (QED) is 0.805. The van der Waals surface area contributed by atoms with Gasteiger partial charge in [-0.15, -0.1) is 0 Å². The van der Waals surface area contributed by atoms with Gasteiger partial charge in [0.1, 0.15) is 0 Å². The van der Waals surface area contributed by atoms with Crippen LogP contribution in [0.4, 0.5) is 4.39 Å². The minimum absolute atomic E-state index is 0.0171. The van der Waals surface area contributed by atoms with E-state index < -0.39 is 0 Å². The lowest BCUT2D eigenvalue weighted by Crippen LogP contribution is -2.43. The molecule has 140 valence electrons. The van der Waals surface area contributed by atoms with E-state index in [2.05, 4.69) is 9.89 Å². The maximum atomic E-state index is 14.9. The van der Waals surface area contributed by atoms with E-state index in [0.717, 1.165) is 44.2 Å². The Morgan fingerprint density at radius 2 is 2.07 bits per heavy atom. The standard InChI is InChI=1S/C22H24FN3O/c1-13-21(23)20-18(4-3-5-19(20)25(13)2)22(27)26(16-8-9-16)17-7-6-14-11-24-12-15(14)10-17/h3-5,12,16-17H,6-11H2,1-2H3. The van der Waals surface area contributed by atoms with E-state index in [9.17, 15) is 9.18 Å². The molecule has 1 unspecified atom stereocenters. The van der Waals surface area contributed by atoms with Gasteiger partial charge in [-0.3, -0.25) is 9.79 Å². The van der Waals surface area contributed by atoms with Crippen molar-refractivity contribution in [2.45, 2.75) is 51.1 Å². The van der Waals surface area contributed by atoms with Crippen LogP contribution in [0, 0.1) is 12.7 Å². The van der Waals surface area contributed by atoms with Gasteiger partial charge in [-0.05, 0) is 62.3 Å². The summed E-state index contributed by atoms with van der Waals surface area (Å²) in [6, 6.07) is 6.02. The fourth-order valence-corrected chi connectivity index (χ4v) is 4.69. The number of aryl methyl sites for hydroxylation is 1. The Bertz CT molecular complexity index is 1010. The molecule has 1 aromatic heterocycles. The number of carbonyl (C=O) groups excluding carboxylic acids is 1. The number of benzene rings is 1. The highest BCUT2D eigenvalue weighted by atomic mass is 19.1. The monoisotopic (exact) mass is 365 g/mol. The van der Waals surface area contributed by atoms with Gasteiger partial charge in [-0.2, -0.15) is 0 Å². The first-order valence-corrected chi connectivity index (χ1v) is 9.83. The van der Waals surface area contributed by atoms with Gasteiger partial charge in [0, 0.05) is 30.7 Å². The van der Waals surface area contributed by atoms with Gasteiger partial charge in [-0.1, -0.05) is 6.07 Å². The minimum Gasteiger partial charge on any atom is -0.345 e. The van der Waals surface area contributed by atoms with E-state index in [1.54, 1.807) is 13.0 Å². The third kappa shape index (κ3) is 2.55. The average molecular weight is 365 g/mol. The Kier molecular flexibility index (Phi) is 3.74. The first kappa shape index (κ1) is 16.7. The topological polar surface area (TPSA) is 37.6 Å². The molecular formula is C22H24FN3O. The number of fused-ring (bicyclic) bond motifs is 1. The van der Waals surface area contributed by atoms with Gasteiger partial charge in [-0.25, -0.2) is 4.39 Å². The minimum atomic E-state index is -0.274. The molecule has 1 fully saturated rings. The van der Waals surface area contributed by atoms with Crippen molar-refractivity contribution in [1.82, 2.24) is 9.47 Å². The van der Waals surface area contributed by atoms with Crippen molar-refractivity contribution in [3.05, 3.63) is 46.4 Å². The molecule has 1 saturated carbocycles. The molecule has 1 amide bonds. The van der Waals surface area contributed by atoms with E-state index in [1.807, 2.05) is 30.0 Å². The van der Waals surface area contributed by atoms with Crippen LogP contribution in [0.2, 0.25) is 0 Å². The molecule has 2 aromatic rings. The maximum absolute atomic E-state index is 14.9. The molecule has 2 heterocycles. The number of aromatic nitrogens is 1. The number of hydrogen-bond donors (Lipinski definition) is 0. The summed E-state index contributed by atoms with van der Waals surface area (Å²) in [5.41, 5.74) is 4.59. The highest BCUT2D eigenvalue weighted by molar-refractivity contribution is 6.07. The molecule has 5 heteroatoms. The second-order valence-electron chi connectivity index (χ2n) is 8.10. The van der Waals surface area contributed by atoms with Crippen molar-refractivity contribution >= 4 is 23.0 Å². The predicted molar refractivity (Wildman–Crippen MR) is 105 cm³/mol. The molecular weight excluding hydrogens is 341 g/mol. The molecule has 0 radical (unpaired) electrons. The molecule has 4 nitrogen and oxygen atoms in total. The lowest BCUT2D eigenvalue weighted by atomic mass is 9.88. The van der Waals surface area contributed by atoms with Crippen LogP contribution in [0.5, 0.6) is 0 Å². The van der Waals surface area contributed by atoms with Gasteiger partial charge in [0.15, 0.2) is 5.82 Å². The van der Waals surface area contributed by atoms with Crippen LogP contribution in [-0.2, 0) is 7.05 Å². The number of nitrogens with zero attached hydrogens (tertiary/aromatic N) is 3. The van der Waals surface area contributed by atoms with Crippen molar-refractivity contribution in [1.29, 1.82) is 0 Å². The van der Waals surface area contributed by atoms with Gasteiger partial charge >= 0.3 is 0 Å². The van der Waals surface area contributed by atoms with Crippen molar-refractivity contribution < 1.29 is 9.18 Å². The second kappa shape index (κ2) is 6.04. The third-order valence-corrected chi connectivity index (χ3v) is 6.46. The summed E-state index contributed by atoms with van der Waals surface area (Å²) >= 11 is 0. The average Bonchev–Trinajstić information content (AvgIpc) is 3.35. The van der Waals surface area contributed by atoms with Crippen molar-refractivity contribution in [2.75, 3.05) is 6.54 Å². The number of rotatable bonds is 3.